The molecule has 0 saturated carbocycles. The van der Waals surface area contributed by atoms with Gasteiger partial charge < -0.3 is 19.8 Å². The lowest BCUT2D eigenvalue weighted by atomic mass is 9.71. The number of allylic oxidation sites excluding steroid dienone is 1. The molecular weight excluding hydrogens is 427 g/mol. The number of amides is 1. The Balaban J connectivity index is 1.69. The highest BCUT2D eigenvalue weighted by molar-refractivity contribution is 6.00. The lowest BCUT2D eigenvalue weighted by Crippen LogP contribution is -2.57. The van der Waals surface area contributed by atoms with Gasteiger partial charge in [-0.3, -0.25) is 9.59 Å². The zero-order chi connectivity index (χ0) is 23.3. The minimum absolute atomic E-state index is 0.0133. The fourth-order valence-electron chi connectivity index (χ4n) is 4.30. The van der Waals surface area contributed by atoms with Gasteiger partial charge in [-0.25, -0.2) is 4.98 Å². The predicted molar refractivity (Wildman–Crippen MR) is 107 cm³/mol. The van der Waals surface area contributed by atoms with Crippen molar-refractivity contribution in [2.75, 3.05) is 19.7 Å². The van der Waals surface area contributed by atoms with Crippen LogP contribution in [0.3, 0.4) is 0 Å². The standard InChI is InChI=1S/C22H22F3N3O4/c1-20(2)11-21(10-14(26)16(20)29)12-28(8-9-31-21)19(30)15-17(22(23,24)25)32-18(27-15)13-6-4-3-5-7-13/h3-7,10H,8-9,11-12,26H2,1-2H3. The molecule has 1 aromatic heterocycles. The molecule has 1 spiro atoms. The number of aromatic nitrogens is 1. The number of hydrogen-bond donors (Lipinski definition) is 1. The average Bonchev–Trinajstić information content (AvgIpc) is 3.18. The van der Waals surface area contributed by atoms with Gasteiger partial charge in [-0.1, -0.05) is 32.0 Å². The van der Waals surface area contributed by atoms with Gasteiger partial charge in [0, 0.05) is 17.5 Å². The van der Waals surface area contributed by atoms with Crippen LogP contribution in [0.25, 0.3) is 11.5 Å². The van der Waals surface area contributed by atoms with E-state index in [9.17, 15) is 22.8 Å². The summed E-state index contributed by atoms with van der Waals surface area (Å²) >= 11 is 0. The van der Waals surface area contributed by atoms with Gasteiger partial charge in [-0.15, -0.1) is 0 Å². The number of hydrogen-bond acceptors (Lipinski definition) is 6. The number of carbonyl (C=O) groups is 2. The Kier molecular flexibility index (Phi) is 5.15. The molecule has 2 aliphatic rings. The van der Waals surface area contributed by atoms with E-state index in [0.717, 1.165) is 0 Å². The Morgan fingerprint density at radius 3 is 2.53 bits per heavy atom. The van der Waals surface area contributed by atoms with Gasteiger partial charge in [-0.05, 0) is 24.6 Å². The molecule has 4 rings (SSSR count). The summed E-state index contributed by atoms with van der Waals surface area (Å²) in [6.45, 7) is 3.51. The second kappa shape index (κ2) is 7.47. The highest BCUT2D eigenvalue weighted by atomic mass is 19.4. The summed E-state index contributed by atoms with van der Waals surface area (Å²) in [6.07, 6.45) is -3.20. The van der Waals surface area contributed by atoms with Gasteiger partial charge in [0.15, 0.2) is 11.5 Å². The van der Waals surface area contributed by atoms with Gasteiger partial charge in [0.1, 0.15) is 5.60 Å². The first-order valence-electron chi connectivity index (χ1n) is 10.0. The lowest BCUT2D eigenvalue weighted by molar-refractivity contribution is -0.153. The zero-order valence-electron chi connectivity index (χ0n) is 17.5. The number of ketones is 1. The molecule has 32 heavy (non-hydrogen) atoms. The Bertz CT molecular complexity index is 1090. The minimum Gasteiger partial charge on any atom is -0.431 e. The zero-order valence-corrected chi connectivity index (χ0v) is 17.5. The number of morpholine rings is 1. The van der Waals surface area contributed by atoms with Gasteiger partial charge >= 0.3 is 6.18 Å². The SMILES string of the molecule is CC1(C)CC2(C=C(N)C1=O)CN(C(=O)c1nc(-c3ccccc3)oc1C(F)(F)F)CCO2. The molecule has 1 saturated heterocycles. The first-order chi connectivity index (χ1) is 14.9. The number of halogens is 3. The number of oxazole rings is 1. The Labute approximate surface area is 182 Å². The van der Waals surface area contributed by atoms with Crippen LogP contribution in [0.15, 0.2) is 46.5 Å². The molecule has 1 unspecified atom stereocenters. The van der Waals surface area contributed by atoms with E-state index in [0.29, 0.717) is 5.56 Å². The van der Waals surface area contributed by atoms with Crippen LogP contribution in [-0.4, -0.2) is 46.9 Å². The van der Waals surface area contributed by atoms with Crippen LogP contribution in [0, 0.1) is 5.41 Å². The number of nitrogens with two attached hydrogens (primary N) is 1. The highest BCUT2D eigenvalue weighted by Crippen LogP contribution is 2.41. The van der Waals surface area contributed by atoms with Crippen LogP contribution >= 0.6 is 0 Å². The molecule has 2 aromatic rings. The third kappa shape index (κ3) is 3.90. The number of rotatable bonds is 2. The molecule has 0 radical (unpaired) electrons. The van der Waals surface area contributed by atoms with Crippen molar-refractivity contribution in [3.8, 4) is 11.5 Å². The first kappa shape index (κ1) is 22.1. The molecule has 1 atom stereocenters. The van der Waals surface area contributed by atoms with Gasteiger partial charge in [-0.2, -0.15) is 13.2 Å². The molecule has 170 valence electrons. The van der Waals surface area contributed by atoms with Crippen molar-refractivity contribution < 1.29 is 31.9 Å². The summed E-state index contributed by atoms with van der Waals surface area (Å²) in [7, 11) is 0. The minimum atomic E-state index is -4.90. The molecule has 1 amide bonds. The van der Waals surface area contributed by atoms with Crippen molar-refractivity contribution in [3.63, 3.8) is 0 Å². The van der Waals surface area contributed by atoms with E-state index in [-0.39, 0.29) is 43.5 Å². The van der Waals surface area contributed by atoms with E-state index in [1.807, 2.05) is 0 Å². The van der Waals surface area contributed by atoms with Crippen LogP contribution in [0.4, 0.5) is 13.2 Å². The van der Waals surface area contributed by atoms with Crippen LogP contribution in [-0.2, 0) is 15.7 Å². The largest absolute Gasteiger partial charge is 0.452 e. The summed E-state index contributed by atoms with van der Waals surface area (Å²) in [6, 6.07) is 8.04. The second-order valence-electron chi connectivity index (χ2n) is 8.69. The number of carbonyl (C=O) groups excluding carboxylic acids is 2. The fraction of sp³-hybridized carbons (Fsp3) is 0.409. The third-order valence-electron chi connectivity index (χ3n) is 5.64. The Hall–Kier alpha value is -3.14. The van der Waals surface area contributed by atoms with Crippen LogP contribution in [0.5, 0.6) is 0 Å². The average molecular weight is 449 g/mol. The molecule has 1 fully saturated rings. The van der Waals surface area contributed by atoms with Crippen molar-refractivity contribution in [3.05, 3.63) is 53.6 Å². The maximum atomic E-state index is 13.7. The van der Waals surface area contributed by atoms with E-state index >= 15 is 0 Å². The number of ether oxygens (including phenoxy) is 1. The lowest BCUT2D eigenvalue weighted by Gasteiger charge is -2.46. The van der Waals surface area contributed by atoms with Crippen molar-refractivity contribution in [2.45, 2.75) is 32.0 Å². The Morgan fingerprint density at radius 2 is 1.91 bits per heavy atom. The normalized spacial score (nSPS) is 23.3. The summed E-state index contributed by atoms with van der Waals surface area (Å²) < 4.78 is 51.8. The smallest absolute Gasteiger partial charge is 0.431 e. The van der Waals surface area contributed by atoms with Crippen molar-refractivity contribution in [1.82, 2.24) is 9.88 Å². The Morgan fingerprint density at radius 1 is 1.22 bits per heavy atom. The molecule has 2 heterocycles. The maximum absolute atomic E-state index is 13.7. The highest BCUT2D eigenvalue weighted by Gasteiger charge is 2.49. The number of benzene rings is 1. The number of alkyl halides is 3. The quantitative estimate of drug-likeness (QED) is 0.755. The number of Topliss-reactive ketones (excluding diaryl/α,β-unsaturated/α-hetero) is 1. The predicted octanol–water partition coefficient (Wildman–Crippen LogP) is 3.41. The van der Waals surface area contributed by atoms with E-state index < -0.39 is 34.6 Å². The van der Waals surface area contributed by atoms with Crippen molar-refractivity contribution >= 4 is 11.7 Å². The summed E-state index contributed by atoms with van der Waals surface area (Å²) in [5.41, 5.74) is 3.51. The number of nitrogens with zero attached hydrogens (tertiary/aromatic N) is 2. The second-order valence-corrected chi connectivity index (χ2v) is 8.69. The summed E-state index contributed by atoms with van der Waals surface area (Å²) in [4.78, 5) is 30.6. The molecule has 7 nitrogen and oxygen atoms in total. The summed E-state index contributed by atoms with van der Waals surface area (Å²) in [5, 5.41) is 0. The molecule has 10 heteroatoms. The van der Waals surface area contributed by atoms with Crippen LogP contribution < -0.4 is 5.73 Å². The molecular formula is C22H22F3N3O4. The van der Waals surface area contributed by atoms with Crippen LogP contribution in [0.2, 0.25) is 0 Å². The van der Waals surface area contributed by atoms with Gasteiger partial charge in [0.2, 0.25) is 11.7 Å². The summed E-state index contributed by atoms with van der Waals surface area (Å²) in [5.74, 6) is -2.90. The van der Waals surface area contributed by atoms with Crippen molar-refractivity contribution in [2.24, 2.45) is 11.1 Å². The first-order valence-corrected chi connectivity index (χ1v) is 10.0. The van der Waals surface area contributed by atoms with E-state index in [4.69, 9.17) is 14.9 Å². The molecule has 1 aliphatic heterocycles. The van der Waals surface area contributed by atoms with E-state index in [1.165, 1.54) is 11.0 Å². The molecule has 1 aliphatic carbocycles. The topological polar surface area (TPSA) is 98.7 Å². The van der Waals surface area contributed by atoms with E-state index in [1.54, 1.807) is 44.2 Å². The van der Waals surface area contributed by atoms with Crippen LogP contribution in [0.1, 0.15) is 36.5 Å². The molecule has 2 N–H and O–H groups in total. The van der Waals surface area contributed by atoms with Gasteiger partial charge in [0.05, 0.1) is 18.8 Å². The maximum Gasteiger partial charge on any atom is 0.452 e. The molecule has 1 aromatic carbocycles. The van der Waals surface area contributed by atoms with Gasteiger partial charge in [0.25, 0.3) is 5.91 Å². The van der Waals surface area contributed by atoms with Crippen molar-refractivity contribution in [1.29, 1.82) is 0 Å². The fourth-order valence-corrected chi connectivity index (χ4v) is 4.30. The molecule has 0 bridgehead atoms. The third-order valence-corrected chi connectivity index (χ3v) is 5.64. The van der Waals surface area contributed by atoms with E-state index in [2.05, 4.69) is 4.98 Å². The monoisotopic (exact) mass is 449 g/mol.